The third-order valence-corrected chi connectivity index (χ3v) is 3.71. The quantitative estimate of drug-likeness (QED) is 0.586. The fourth-order valence-electron chi connectivity index (χ4n) is 1.97. The van der Waals surface area contributed by atoms with E-state index in [4.69, 9.17) is 9.47 Å². The second kappa shape index (κ2) is 7.92. The monoisotopic (exact) mass is 339 g/mol. The van der Waals surface area contributed by atoms with Gasteiger partial charge < -0.3 is 9.47 Å². The van der Waals surface area contributed by atoms with Gasteiger partial charge in [-0.1, -0.05) is 11.6 Å². The number of thioether (sulfide) groups is 1. The highest BCUT2D eigenvalue weighted by Gasteiger charge is 2.18. The van der Waals surface area contributed by atoms with E-state index in [0.717, 1.165) is 5.56 Å². The van der Waals surface area contributed by atoms with Gasteiger partial charge in [-0.25, -0.2) is 9.78 Å². The largest absolute Gasteiger partial charge is 0.496 e. The molecule has 2 rings (SSSR count). The minimum absolute atomic E-state index is 0.0165. The first-order chi connectivity index (χ1) is 11.0. The Bertz CT molecular complexity index is 695. The summed E-state index contributed by atoms with van der Waals surface area (Å²) in [4.78, 5) is 15.9. The average molecular weight is 339 g/mol. The Hall–Kier alpha value is -2.15. The molecule has 122 valence electrons. The number of carbonyl (C=O) groups excluding carboxylic acids is 1. The van der Waals surface area contributed by atoms with Crippen LogP contribution in [0.1, 0.15) is 21.5 Å². The SMILES string of the molecule is COc1ccc(C)cc1COC(=O)c1cccnc1SC(F)F. The molecule has 7 heteroatoms. The molecule has 0 bridgehead atoms. The molecule has 1 aromatic heterocycles. The summed E-state index contributed by atoms with van der Waals surface area (Å²) in [5, 5.41) is -0.0521. The number of hydrogen-bond acceptors (Lipinski definition) is 5. The van der Waals surface area contributed by atoms with Crippen molar-refractivity contribution in [1.29, 1.82) is 0 Å². The number of aromatic nitrogens is 1. The maximum Gasteiger partial charge on any atom is 0.341 e. The van der Waals surface area contributed by atoms with Crippen molar-refractivity contribution in [3.05, 3.63) is 53.2 Å². The highest BCUT2D eigenvalue weighted by atomic mass is 32.2. The van der Waals surface area contributed by atoms with E-state index in [9.17, 15) is 13.6 Å². The second-order valence-electron chi connectivity index (χ2n) is 4.63. The summed E-state index contributed by atoms with van der Waals surface area (Å²) >= 11 is 0.215. The van der Waals surface area contributed by atoms with Crippen molar-refractivity contribution >= 4 is 17.7 Å². The summed E-state index contributed by atoms with van der Waals surface area (Å²) in [6.45, 7) is 1.89. The summed E-state index contributed by atoms with van der Waals surface area (Å²) in [7, 11) is 1.52. The Morgan fingerprint density at radius 1 is 1.35 bits per heavy atom. The van der Waals surface area contributed by atoms with Crippen LogP contribution in [-0.4, -0.2) is 23.8 Å². The first-order valence-corrected chi connectivity index (χ1v) is 7.59. The Kier molecular flexibility index (Phi) is 5.92. The van der Waals surface area contributed by atoms with Gasteiger partial charge in [0.15, 0.2) is 0 Å². The van der Waals surface area contributed by atoms with E-state index < -0.39 is 11.7 Å². The van der Waals surface area contributed by atoms with Crippen LogP contribution in [0.15, 0.2) is 41.6 Å². The van der Waals surface area contributed by atoms with Gasteiger partial charge in [-0.3, -0.25) is 0 Å². The zero-order valence-electron chi connectivity index (χ0n) is 12.6. The molecule has 0 spiro atoms. The van der Waals surface area contributed by atoms with Crippen LogP contribution in [-0.2, 0) is 11.3 Å². The van der Waals surface area contributed by atoms with Gasteiger partial charge in [-0.2, -0.15) is 8.78 Å². The van der Waals surface area contributed by atoms with Gasteiger partial charge in [0.1, 0.15) is 17.4 Å². The fraction of sp³-hybridized carbons (Fsp3) is 0.250. The molecule has 0 N–H and O–H groups in total. The van der Waals surface area contributed by atoms with E-state index in [1.807, 2.05) is 19.1 Å². The van der Waals surface area contributed by atoms with E-state index in [2.05, 4.69) is 4.98 Å². The van der Waals surface area contributed by atoms with Gasteiger partial charge in [0.05, 0.1) is 12.7 Å². The van der Waals surface area contributed by atoms with Gasteiger partial charge in [0.2, 0.25) is 0 Å². The second-order valence-corrected chi connectivity index (χ2v) is 5.60. The molecule has 0 aliphatic rings. The number of rotatable bonds is 6. The Morgan fingerprint density at radius 2 is 2.13 bits per heavy atom. The van der Waals surface area contributed by atoms with E-state index in [1.165, 1.54) is 25.4 Å². The standard InChI is InChI=1S/C16H15F2NO3S/c1-10-5-6-13(21-2)11(8-10)9-22-15(20)12-4-3-7-19-14(12)23-16(17)18/h3-8,16H,9H2,1-2H3. The average Bonchev–Trinajstić information content (AvgIpc) is 2.52. The lowest BCUT2D eigenvalue weighted by atomic mass is 10.1. The number of benzene rings is 1. The maximum absolute atomic E-state index is 12.5. The van der Waals surface area contributed by atoms with Crippen LogP contribution in [0.3, 0.4) is 0 Å². The molecule has 23 heavy (non-hydrogen) atoms. The lowest BCUT2D eigenvalue weighted by Crippen LogP contribution is -2.08. The molecule has 2 aromatic rings. The highest BCUT2D eigenvalue weighted by Crippen LogP contribution is 2.27. The van der Waals surface area contributed by atoms with E-state index in [0.29, 0.717) is 11.3 Å². The lowest BCUT2D eigenvalue weighted by Gasteiger charge is -2.11. The molecular weight excluding hydrogens is 324 g/mol. The van der Waals surface area contributed by atoms with Crippen molar-refractivity contribution in [3.63, 3.8) is 0 Å². The Labute approximate surface area is 136 Å². The van der Waals surface area contributed by atoms with Crippen LogP contribution in [0.5, 0.6) is 5.75 Å². The number of hydrogen-bond donors (Lipinski definition) is 0. The predicted octanol–water partition coefficient (Wildman–Crippen LogP) is 4.07. The lowest BCUT2D eigenvalue weighted by molar-refractivity contribution is 0.0465. The number of esters is 1. The molecule has 1 aromatic carbocycles. The van der Waals surface area contributed by atoms with Crippen LogP contribution in [0.2, 0.25) is 0 Å². The summed E-state index contributed by atoms with van der Waals surface area (Å²) in [6, 6.07) is 8.40. The maximum atomic E-state index is 12.5. The number of ether oxygens (including phenoxy) is 2. The smallest absolute Gasteiger partial charge is 0.341 e. The summed E-state index contributed by atoms with van der Waals surface area (Å²) < 4.78 is 35.4. The molecule has 1 heterocycles. The third kappa shape index (κ3) is 4.66. The number of methoxy groups -OCH3 is 1. The molecule has 0 aliphatic carbocycles. The molecule has 0 amide bonds. The van der Waals surface area contributed by atoms with Gasteiger partial charge in [0, 0.05) is 11.8 Å². The van der Waals surface area contributed by atoms with Crippen molar-refractivity contribution < 1.29 is 23.0 Å². The van der Waals surface area contributed by atoms with Crippen molar-refractivity contribution in [2.75, 3.05) is 7.11 Å². The Morgan fingerprint density at radius 3 is 2.83 bits per heavy atom. The number of nitrogens with zero attached hydrogens (tertiary/aromatic N) is 1. The van der Waals surface area contributed by atoms with Crippen LogP contribution < -0.4 is 4.74 Å². The fourth-order valence-corrected chi connectivity index (χ4v) is 2.53. The zero-order valence-corrected chi connectivity index (χ0v) is 13.4. The van der Waals surface area contributed by atoms with Crippen LogP contribution in [0.25, 0.3) is 0 Å². The van der Waals surface area contributed by atoms with Crippen LogP contribution in [0, 0.1) is 6.92 Å². The molecule has 0 aliphatic heterocycles. The summed E-state index contributed by atoms with van der Waals surface area (Å²) in [6.07, 6.45) is 1.35. The third-order valence-electron chi connectivity index (χ3n) is 2.99. The minimum Gasteiger partial charge on any atom is -0.496 e. The molecule has 0 fully saturated rings. The van der Waals surface area contributed by atoms with Gasteiger partial charge in [0.25, 0.3) is 5.76 Å². The number of alkyl halides is 2. The summed E-state index contributed by atoms with van der Waals surface area (Å²) in [5.74, 6) is -2.77. The predicted molar refractivity (Wildman–Crippen MR) is 82.9 cm³/mol. The molecule has 0 saturated carbocycles. The van der Waals surface area contributed by atoms with Crippen molar-refractivity contribution in [2.45, 2.75) is 24.3 Å². The minimum atomic E-state index is -2.66. The molecular formula is C16H15F2NO3S. The van der Waals surface area contributed by atoms with Gasteiger partial charge in [-0.05, 0) is 43.0 Å². The van der Waals surface area contributed by atoms with Crippen LogP contribution in [0.4, 0.5) is 8.78 Å². The number of pyridine rings is 1. The van der Waals surface area contributed by atoms with Crippen LogP contribution >= 0.6 is 11.8 Å². The van der Waals surface area contributed by atoms with E-state index >= 15 is 0 Å². The van der Waals surface area contributed by atoms with E-state index in [-0.39, 0.29) is 29.0 Å². The first-order valence-electron chi connectivity index (χ1n) is 6.71. The van der Waals surface area contributed by atoms with Crippen molar-refractivity contribution in [3.8, 4) is 5.75 Å². The topological polar surface area (TPSA) is 48.4 Å². The molecule has 0 atom stereocenters. The van der Waals surface area contributed by atoms with Crippen molar-refractivity contribution in [1.82, 2.24) is 4.98 Å². The van der Waals surface area contributed by atoms with Gasteiger partial charge in [-0.15, -0.1) is 0 Å². The highest BCUT2D eigenvalue weighted by molar-refractivity contribution is 7.99. The number of carbonyl (C=O) groups is 1. The van der Waals surface area contributed by atoms with Gasteiger partial charge >= 0.3 is 5.97 Å². The zero-order chi connectivity index (χ0) is 16.8. The normalized spacial score (nSPS) is 10.7. The van der Waals surface area contributed by atoms with Crippen molar-refractivity contribution in [2.24, 2.45) is 0 Å². The molecule has 0 unspecified atom stereocenters. The molecule has 0 radical (unpaired) electrons. The number of aryl methyl sites for hydroxylation is 1. The summed E-state index contributed by atoms with van der Waals surface area (Å²) in [5.41, 5.74) is 1.71. The molecule has 4 nitrogen and oxygen atoms in total. The number of halogens is 2. The Balaban J connectivity index is 2.13. The van der Waals surface area contributed by atoms with E-state index in [1.54, 1.807) is 6.07 Å². The first kappa shape index (κ1) is 17.2. The molecule has 0 saturated heterocycles.